The van der Waals surface area contributed by atoms with E-state index >= 15 is 0 Å². The van der Waals surface area contributed by atoms with Gasteiger partial charge >= 0.3 is 6.18 Å². The molecular weight excluding hydrogens is 452 g/mol. The van der Waals surface area contributed by atoms with E-state index in [0.29, 0.717) is 18.8 Å². The van der Waals surface area contributed by atoms with Gasteiger partial charge in [-0.25, -0.2) is 22.8 Å². The number of benzene rings is 1. The van der Waals surface area contributed by atoms with Gasteiger partial charge in [-0.3, -0.25) is 0 Å². The molecule has 7 nitrogen and oxygen atoms in total. The smallest absolute Gasteiger partial charge is 0.389 e. The summed E-state index contributed by atoms with van der Waals surface area (Å²) < 4.78 is 76.9. The summed E-state index contributed by atoms with van der Waals surface area (Å²) in [6.45, 7) is 5.98. The summed E-state index contributed by atoms with van der Waals surface area (Å²) in [6.07, 6.45) is -5.13. The van der Waals surface area contributed by atoms with E-state index in [1.165, 1.54) is 19.1 Å². The van der Waals surface area contributed by atoms with Crippen LogP contribution in [0, 0.1) is 11.7 Å². The number of anilines is 2. The van der Waals surface area contributed by atoms with E-state index in [1.54, 1.807) is 4.90 Å². The van der Waals surface area contributed by atoms with Gasteiger partial charge in [-0.1, -0.05) is 13.8 Å². The van der Waals surface area contributed by atoms with Crippen LogP contribution in [0.4, 0.5) is 29.2 Å². The molecule has 12 heteroatoms. The van der Waals surface area contributed by atoms with Gasteiger partial charge in [0.05, 0.1) is 12.1 Å². The normalized spacial score (nSPS) is 18.5. The first-order valence-electron chi connectivity index (χ1n) is 9.98. The maximum atomic E-state index is 13.8. The van der Waals surface area contributed by atoms with Crippen molar-refractivity contribution >= 4 is 22.3 Å². The van der Waals surface area contributed by atoms with Crippen LogP contribution in [0.1, 0.15) is 38.1 Å². The van der Waals surface area contributed by atoms with Gasteiger partial charge in [0.25, 0.3) is 0 Å². The molecule has 1 aromatic carbocycles. The molecule has 1 aliphatic heterocycles. The van der Waals surface area contributed by atoms with E-state index in [1.807, 2.05) is 18.7 Å². The SMILES string of the molecule is CC(O)c1cnc(N2CCN(c3ccc(F)c([SH](=O)=O)c3)CC2C(C)C)nc1C(F)(F)F. The zero-order chi connectivity index (χ0) is 23.8. The van der Waals surface area contributed by atoms with E-state index in [9.17, 15) is 31.1 Å². The van der Waals surface area contributed by atoms with Crippen molar-refractivity contribution in [3.63, 3.8) is 0 Å². The largest absolute Gasteiger partial charge is 0.433 e. The summed E-state index contributed by atoms with van der Waals surface area (Å²) in [4.78, 5) is 11.0. The van der Waals surface area contributed by atoms with E-state index in [2.05, 4.69) is 9.97 Å². The number of aliphatic hydroxyl groups excluding tert-OH is 1. The highest BCUT2D eigenvalue weighted by atomic mass is 32.2. The fraction of sp³-hybridized carbons (Fsp3) is 0.500. The molecule has 0 spiro atoms. The van der Waals surface area contributed by atoms with Crippen LogP contribution in [0.25, 0.3) is 0 Å². The van der Waals surface area contributed by atoms with Crippen molar-refractivity contribution in [1.29, 1.82) is 0 Å². The summed E-state index contributed by atoms with van der Waals surface area (Å²) in [5, 5.41) is 9.68. The second-order valence-electron chi connectivity index (χ2n) is 7.99. The molecule has 0 radical (unpaired) electrons. The molecule has 0 aliphatic carbocycles. The summed E-state index contributed by atoms with van der Waals surface area (Å²) in [5.74, 6) is -0.944. The Labute approximate surface area is 184 Å². The number of hydrogen-bond donors (Lipinski definition) is 2. The van der Waals surface area contributed by atoms with Crippen molar-refractivity contribution < 1.29 is 31.1 Å². The molecule has 2 atom stereocenters. The van der Waals surface area contributed by atoms with Gasteiger partial charge < -0.3 is 14.9 Å². The Morgan fingerprint density at radius 1 is 1.19 bits per heavy atom. The quantitative estimate of drug-likeness (QED) is 0.507. The Hall–Kier alpha value is -2.47. The van der Waals surface area contributed by atoms with Gasteiger partial charge in [-0.15, -0.1) is 0 Å². The lowest BCUT2D eigenvalue weighted by Gasteiger charge is -2.44. The highest BCUT2D eigenvalue weighted by Gasteiger charge is 2.39. The molecule has 2 aromatic rings. The van der Waals surface area contributed by atoms with Crippen LogP contribution in [0.2, 0.25) is 0 Å². The minimum Gasteiger partial charge on any atom is -0.389 e. The van der Waals surface area contributed by atoms with Crippen LogP contribution in [0.3, 0.4) is 0 Å². The number of rotatable bonds is 5. The molecule has 1 fully saturated rings. The van der Waals surface area contributed by atoms with Gasteiger partial charge in [0, 0.05) is 37.1 Å². The van der Waals surface area contributed by atoms with Crippen molar-refractivity contribution in [2.45, 2.75) is 44.0 Å². The highest BCUT2D eigenvalue weighted by Crippen LogP contribution is 2.35. The highest BCUT2D eigenvalue weighted by molar-refractivity contribution is 7.72. The van der Waals surface area contributed by atoms with Crippen LogP contribution < -0.4 is 9.80 Å². The number of halogens is 4. The predicted molar refractivity (Wildman–Crippen MR) is 111 cm³/mol. The lowest BCUT2D eigenvalue weighted by atomic mass is 9.99. The molecule has 0 saturated carbocycles. The average Bonchev–Trinajstić information content (AvgIpc) is 2.72. The fourth-order valence-corrected chi connectivity index (χ4v) is 4.24. The van der Waals surface area contributed by atoms with Crippen molar-refractivity contribution in [3.8, 4) is 0 Å². The van der Waals surface area contributed by atoms with Gasteiger partial charge in [-0.2, -0.15) is 13.2 Å². The molecule has 2 unspecified atom stereocenters. The Morgan fingerprint density at radius 3 is 2.44 bits per heavy atom. The first-order valence-corrected chi connectivity index (χ1v) is 11.2. The van der Waals surface area contributed by atoms with Crippen LogP contribution in [-0.2, 0) is 16.9 Å². The minimum absolute atomic E-state index is 0.0109. The molecule has 2 heterocycles. The molecule has 0 bridgehead atoms. The number of nitrogens with zero attached hydrogens (tertiary/aromatic N) is 4. The molecule has 1 N–H and O–H groups in total. The van der Waals surface area contributed by atoms with Gasteiger partial charge in [-0.05, 0) is 31.0 Å². The van der Waals surface area contributed by atoms with E-state index in [-0.39, 0.29) is 24.5 Å². The Morgan fingerprint density at radius 2 is 1.88 bits per heavy atom. The van der Waals surface area contributed by atoms with Crippen molar-refractivity contribution in [3.05, 3.63) is 41.5 Å². The predicted octanol–water partition coefficient (Wildman–Crippen LogP) is 3.01. The average molecular weight is 476 g/mol. The zero-order valence-corrected chi connectivity index (χ0v) is 18.6. The summed E-state index contributed by atoms with van der Waals surface area (Å²) in [7, 11) is -3.10. The van der Waals surface area contributed by atoms with Gasteiger partial charge in [0.1, 0.15) is 10.7 Å². The Kier molecular flexibility index (Phi) is 6.94. The Bertz CT molecular complexity index is 1050. The second kappa shape index (κ2) is 9.18. The second-order valence-corrected chi connectivity index (χ2v) is 8.99. The standard InChI is InChI=1S/C20H24F4N4O3S/c1-11(2)16-10-27(13-4-5-15(21)17(8-13)32(30)31)6-7-28(16)19-25-9-14(12(3)29)18(26-19)20(22,23)24/h4-5,8-9,11-12,16,29,32H,6-7,10H2,1-3H3. The lowest BCUT2D eigenvalue weighted by molar-refractivity contribution is -0.142. The van der Waals surface area contributed by atoms with Gasteiger partial charge in [0.15, 0.2) is 16.4 Å². The minimum atomic E-state index is -4.75. The van der Waals surface area contributed by atoms with Crippen LogP contribution in [-0.4, -0.2) is 49.2 Å². The summed E-state index contributed by atoms with van der Waals surface area (Å²) in [5.41, 5.74) is -1.07. The van der Waals surface area contributed by atoms with Crippen LogP contribution >= 0.6 is 0 Å². The monoisotopic (exact) mass is 476 g/mol. The van der Waals surface area contributed by atoms with Crippen LogP contribution in [0.15, 0.2) is 29.3 Å². The number of hydrogen-bond acceptors (Lipinski definition) is 7. The van der Waals surface area contributed by atoms with E-state index in [0.717, 1.165) is 12.3 Å². The van der Waals surface area contributed by atoms with Crippen molar-refractivity contribution in [1.82, 2.24) is 9.97 Å². The molecule has 3 rings (SSSR count). The number of aliphatic hydroxyl groups is 1. The Balaban J connectivity index is 1.94. The third-order valence-electron chi connectivity index (χ3n) is 5.46. The number of thiol groups is 1. The third-order valence-corrected chi connectivity index (χ3v) is 6.20. The number of piperazine rings is 1. The lowest BCUT2D eigenvalue weighted by Crippen LogP contribution is -2.56. The molecular formula is C20H24F4N4O3S. The first kappa shape index (κ1) is 24.2. The van der Waals surface area contributed by atoms with Gasteiger partial charge in [0.2, 0.25) is 5.95 Å². The zero-order valence-electron chi connectivity index (χ0n) is 17.7. The molecule has 176 valence electrons. The molecule has 32 heavy (non-hydrogen) atoms. The molecule has 0 amide bonds. The van der Waals surface area contributed by atoms with E-state index < -0.39 is 45.0 Å². The number of alkyl halides is 3. The fourth-order valence-electron chi connectivity index (χ4n) is 3.75. The maximum Gasteiger partial charge on any atom is 0.433 e. The maximum absolute atomic E-state index is 13.8. The third kappa shape index (κ3) is 4.96. The van der Waals surface area contributed by atoms with Crippen molar-refractivity contribution in [2.75, 3.05) is 29.4 Å². The summed E-state index contributed by atoms with van der Waals surface area (Å²) >= 11 is 0. The summed E-state index contributed by atoms with van der Waals surface area (Å²) in [6, 6.07) is 3.52. The molecule has 1 aromatic heterocycles. The topological polar surface area (TPSA) is 86.6 Å². The molecule has 1 saturated heterocycles. The van der Waals surface area contributed by atoms with Crippen LogP contribution in [0.5, 0.6) is 0 Å². The molecule has 1 aliphatic rings. The van der Waals surface area contributed by atoms with Crippen molar-refractivity contribution in [2.24, 2.45) is 5.92 Å². The number of aromatic nitrogens is 2. The van der Waals surface area contributed by atoms with E-state index in [4.69, 9.17) is 0 Å². The first-order chi connectivity index (χ1) is 14.9.